The Bertz CT molecular complexity index is 130. The van der Waals surface area contributed by atoms with Crippen LogP contribution < -0.4 is 5.32 Å². The highest BCUT2D eigenvalue weighted by atomic mass is 16.5. The lowest BCUT2D eigenvalue weighted by molar-refractivity contribution is -0.0613. The van der Waals surface area contributed by atoms with Crippen molar-refractivity contribution in [2.24, 2.45) is 0 Å². The number of hydrogen-bond donors (Lipinski definition) is 1. The Morgan fingerprint density at radius 2 is 1.83 bits per heavy atom. The number of methoxy groups -OCH3 is 1. The maximum absolute atomic E-state index is 5.67. The first kappa shape index (κ1) is 10.0. The topological polar surface area (TPSA) is 21.3 Å². The average molecular weight is 171 g/mol. The summed E-state index contributed by atoms with van der Waals surface area (Å²) in [6.07, 6.45) is 6.44. The predicted octanol–water partition coefficient (Wildman–Crippen LogP) is 1.94. The molecule has 1 fully saturated rings. The summed E-state index contributed by atoms with van der Waals surface area (Å²) in [6.45, 7) is 2.22. The average Bonchev–Trinajstić information content (AvgIpc) is 2.17. The molecule has 2 nitrogen and oxygen atoms in total. The summed E-state index contributed by atoms with van der Waals surface area (Å²) in [6, 6.07) is 0.475. The highest BCUT2D eigenvalue weighted by Gasteiger charge is 2.36. The minimum Gasteiger partial charge on any atom is -0.377 e. The van der Waals surface area contributed by atoms with Gasteiger partial charge in [0.25, 0.3) is 0 Å². The van der Waals surface area contributed by atoms with Crippen molar-refractivity contribution in [3.63, 3.8) is 0 Å². The minimum atomic E-state index is 0.118. The Balaban J connectivity index is 2.59. The maximum Gasteiger partial charge on any atom is 0.0828 e. The highest BCUT2D eigenvalue weighted by molar-refractivity contribution is 4.92. The van der Waals surface area contributed by atoms with Gasteiger partial charge in [0.2, 0.25) is 0 Å². The first-order valence-electron chi connectivity index (χ1n) is 4.97. The van der Waals surface area contributed by atoms with Gasteiger partial charge in [0.15, 0.2) is 0 Å². The first-order chi connectivity index (χ1) is 5.75. The van der Waals surface area contributed by atoms with Crippen LogP contribution in [0.3, 0.4) is 0 Å². The van der Waals surface area contributed by atoms with Gasteiger partial charge < -0.3 is 10.1 Å². The van der Waals surface area contributed by atoms with E-state index < -0.39 is 0 Å². The quantitative estimate of drug-likeness (QED) is 0.700. The molecule has 0 bridgehead atoms. The van der Waals surface area contributed by atoms with E-state index in [2.05, 4.69) is 12.2 Å². The van der Waals surface area contributed by atoms with E-state index in [0.717, 1.165) is 0 Å². The lowest BCUT2D eigenvalue weighted by atomic mass is 9.80. The second-order valence-corrected chi connectivity index (χ2v) is 3.84. The van der Waals surface area contributed by atoms with Gasteiger partial charge in [-0.15, -0.1) is 0 Å². The zero-order chi connectivity index (χ0) is 9.03. The highest BCUT2D eigenvalue weighted by Crippen LogP contribution is 2.33. The van der Waals surface area contributed by atoms with E-state index in [1.54, 1.807) is 0 Å². The van der Waals surface area contributed by atoms with Crippen LogP contribution in [0.5, 0.6) is 0 Å². The summed E-state index contributed by atoms with van der Waals surface area (Å²) >= 11 is 0. The second kappa shape index (κ2) is 4.24. The molecule has 0 spiro atoms. The molecule has 2 heteroatoms. The van der Waals surface area contributed by atoms with Crippen LogP contribution in [0.15, 0.2) is 0 Å². The van der Waals surface area contributed by atoms with E-state index in [1.807, 2.05) is 14.2 Å². The Morgan fingerprint density at radius 3 is 2.25 bits per heavy atom. The molecule has 0 amide bonds. The van der Waals surface area contributed by atoms with Gasteiger partial charge in [0.1, 0.15) is 0 Å². The summed E-state index contributed by atoms with van der Waals surface area (Å²) in [5.74, 6) is 0. The van der Waals surface area contributed by atoms with Crippen LogP contribution in [0, 0.1) is 0 Å². The second-order valence-electron chi connectivity index (χ2n) is 3.84. The minimum absolute atomic E-state index is 0.118. The maximum atomic E-state index is 5.67. The van der Waals surface area contributed by atoms with Crippen LogP contribution in [0.2, 0.25) is 0 Å². The smallest absolute Gasteiger partial charge is 0.0828 e. The fourth-order valence-electron chi connectivity index (χ4n) is 2.23. The van der Waals surface area contributed by atoms with Gasteiger partial charge in [-0.05, 0) is 26.8 Å². The normalized spacial score (nSPS) is 25.2. The summed E-state index contributed by atoms with van der Waals surface area (Å²) in [5, 5.41) is 3.30. The number of hydrogen-bond acceptors (Lipinski definition) is 2. The van der Waals surface area contributed by atoms with Crippen LogP contribution >= 0.6 is 0 Å². The standard InChI is InChI=1S/C10H21NO/c1-9(11-2)10(12-3)7-5-4-6-8-10/h9,11H,4-8H2,1-3H3. The molecule has 12 heavy (non-hydrogen) atoms. The van der Waals surface area contributed by atoms with Crippen molar-refractivity contribution < 1.29 is 4.74 Å². The van der Waals surface area contributed by atoms with Gasteiger partial charge in [-0.25, -0.2) is 0 Å². The van der Waals surface area contributed by atoms with E-state index in [-0.39, 0.29) is 5.60 Å². The van der Waals surface area contributed by atoms with Crippen molar-refractivity contribution in [1.82, 2.24) is 5.32 Å². The Hall–Kier alpha value is -0.0800. The first-order valence-corrected chi connectivity index (χ1v) is 4.97. The number of rotatable bonds is 3. The summed E-state index contributed by atoms with van der Waals surface area (Å²) in [5.41, 5.74) is 0.118. The molecule has 0 aromatic rings. The third-order valence-corrected chi connectivity index (χ3v) is 3.33. The van der Waals surface area contributed by atoms with Crippen molar-refractivity contribution in [2.45, 2.75) is 50.7 Å². The molecule has 72 valence electrons. The SMILES string of the molecule is CNC(C)C1(OC)CCCCC1. The van der Waals surface area contributed by atoms with Crippen molar-refractivity contribution in [3.05, 3.63) is 0 Å². The zero-order valence-corrected chi connectivity index (χ0v) is 8.52. The molecule has 0 aromatic heterocycles. The van der Waals surface area contributed by atoms with Gasteiger partial charge in [0, 0.05) is 13.2 Å². The molecule has 1 aliphatic carbocycles. The lowest BCUT2D eigenvalue weighted by Gasteiger charge is -2.40. The van der Waals surface area contributed by atoms with E-state index in [0.29, 0.717) is 6.04 Å². The number of ether oxygens (including phenoxy) is 1. The molecule has 0 saturated heterocycles. The molecule has 1 rings (SSSR count). The Kier molecular flexibility index (Phi) is 3.53. The molecule has 1 aliphatic rings. The molecule has 1 unspecified atom stereocenters. The summed E-state index contributed by atoms with van der Waals surface area (Å²) < 4.78 is 5.67. The van der Waals surface area contributed by atoms with Gasteiger partial charge >= 0.3 is 0 Å². The molecule has 1 atom stereocenters. The van der Waals surface area contributed by atoms with Crippen molar-refractivity contribution in [3.8, 4) is 0 Å². The van der Waals surface area contributed by atoms with Crippen LogP contribution in [0.1, 0.15) is 39.0 Å². The van der Waals surface area contributed by atoms with Crippen LogP contribution in [-0.4, -0.2) is 25.8 Å². The van der Waals surface area contributed by atoms with Crippen molar-refractivity contribution in [1.29, 1.82) is 0 Å². The molecule has 1 N–H and O–H groups in total. The number of likely N-dealkylation sites (N-methyl/N-ethyl adjacent to an activating group) is 1. The van der Waals surface area contributed by atoms with Gasteiger partial charge in [-0.2, -0.15) is 0 Å². The van der Waals surface area contributed by atoms with Crippen LogP contribution in [-0.2, 0) is 4.74 Å². The van der Waals surface area contributed by atoms with E-state index in [9.17, 15) is 0 Å². The van der Waals surface area contributed by atoms with Crippen molar-refractivity contribution in [2.75, 3.05) is 14.2 Å². The fraction of sp³-hybridized carbons (Fsp3) is 1.00. The predicted molar refractivity (Wildman–Crippen MR) is 51.3 cm³/mol. The van der Waals surface area contributed by atoms with E-state index in [4.69, 9.17) is 4.74 Å². The van der Waals surface area contributed by atoms with Gasteiger partial charge in [-0.3, -0.25) is 0 Å². The third-order valence-electron chi connectivity index (χ3n) is 3.33. The molecular weight excluding hydrogens is 150 g/mol. The fourth-order valence-corrected chi connectivity index (χ4v) is 2.23. The van der Waals surface area contributed by atoms with Gasteiger partial charge in [-0.1, -0.05) is 19.3 Å². The lowest BCUT2D eigenvalue weighted by Crippen LogP contribution is -2.50. The molecule has 0 radical (unpaired) electrons. The van der Waals surface area contributed by atoms with Crippen LogP contribution in [0.4, 0.5) is 0 Å². The largest absolute Gasteiger partial charge is 0.377 e. The number of nitrogens with one attached hydrogen (secondary N) is 1. The Morgan fingerprint density at radius 1 is 1.25 bits per heavy atom. The van der Waals surface area contributed by atoms with Gasteiger partial charge in [0.05, 0.1) is 5.60 Å². The van der Waals surface area contributed by atoms with Crippen LogP contribution in [0.25, 0.3) is 0 Å². The van der Waals surface area contributed by atoms with E-state index >= 15 is 0 Å². The summed E-state index contributed by atoms with van der Waals surface area (Å²) in [7, 11) is 3.86. The monoisotopic (exact) mass is 171 g/mol. The zero-order valence-electron chi connectivity index (χ0n) is 8.52. The molecule has 0 heterocycles. The molecule has 0 aliphatic heterocycles. The molecule has 0 aromatic carbocycles. The third kappa shape index (κ3) is 1.80. The van der Waals surface area contributed by atoms with E-state index in [1.165, 1.54) is 32.1 Å². The molecule has 1 saturated carbocycles. The summed E-state index contributed by atoms with van der Waals surface area (Å²) in [4.78, 5) is 0. The van der Waals surface area contributed by atoms with Crippen molar-refractivity contribution >= 4 is 0 Å². The Labute approximate surface area is 75.7 Å². The molecular formula is C10H21NO.